The number of halogens is 1. The summed E-state index contributed by atoms with van der Waals surface area (Å²) in [4.78, 5) is 16.0. The maximum Gasteiger partial charge on any atom is 0.341 e. The van der Waals surface area contributed by atoms with E-state index in [1.807, 2.05) is 0 Å². The summed E-state index contributed by atoms with van der Waals surface area (Å²) >= 11 is 5.91. The van der Waals surface area contributed by atoms with Gasteiger partial charge in [0.2, 0.25) is 0 Å². The molecule has 4 heteroatoms. The second kappa shape index (κ2) is 5.49. The number of carbonyl (C=O) groups excluding carboxylic acids is 1. The van der Waals surface area contributed by atoms with Crippen LogP contribution in [0, 0.1) is 11.3 Å². The van der Waals surface area contributed by atoms with Gasteiger partial charge in [0.15, 0.2) is 0 Å². The monoisotopic (exact) mass is 281 g/mol. The lowest BCUT2D eigenvalue weighted by molar-refractivity contribution is -0.00716. The van der Waals surface area contributed by atoms with Gasteiger partial charge in [-0.05, 0) is 42.7 Å². The highest BCUT2D eigenvalue weighted by Crippen LogP contribution is 2.39. The normalized spacial score (nSPS) is 25.9. The Balaban J connectivity index is 2.05. The molecule has 104 valence electrons. The van der Waals surface area contributed by atoms with Gasteiger partial charge in [-0.3, -0.25) is 0 Å². The highest BCUT2D eigenvalue weighted by atomic mass is 35.5. The fourth-order valence-electron chi connectivity index (χ4n) is 3.10. The summed E-state index contributed by atoms with van der Waals surface area (Å²) in [6, 6.07) is 3.34. The molecule has 0 radical (unpaired) electrons. The molecular weight excluding hydrogens is 262 g/mol. The minimum atomic E-state index is -0.368. The molecule has 0 aliphatic heterocycles. The number of carbonyl (C=O) groups is 1. The van der Waals surface area contributed by atoms with Crippen LogP contribution in [0.3, 0.4) is 0 Å². The van der Waals surface area contributed by atoms with Crippen molar-refractivity contribution in [2.24, 2.45) is 11.3 Å². The van der Waals surface area contributed by atoms with Crippen LogP contribution in [-0.4, -0.2) is 17.1 Å². The molecule has 1 aromatic heterocycles. The maximum atomic E-state index is 12.1. The number of hydrogen-bond acceptors (Lipinski definition) is 3. The van der Waals surface area contributed by atoms with E-state index < -0.39 is 0 Å². The second-order valence-corrected chi connectivity index (χ2v) is 6.64. The van der Waals surface area contributed by atoms with E-state index in [0.717, 1.165) is 12.8 Å². The van der Waals surface area contributed by atoms with Crippen molar-refractivity contribution >= 4 is 17.6 Å². The average Bonchev–Trinajstić information content (AvgIpc) is 2.26. The lowest BCUT2D eigenvalue weighted by Crippen LogP contribution is -2.34. The molecule has 0 aromatic carbocycles. The van der Waals surface area contributed by atoms with Crippen molar-refractivity contribution in [3.05, 3.63) is 29.0 Å². The van der Waals surface area contributed by atoms with Gasteiger partial charge in [0.05, 0.1) is 5.56 Å². The molecule has 1 saturated carbocycles. The summed E-state index contributed by atoms with van der Waals surface area (Å²) in [6.45, 7) is 6.65. The quantitative estimate of drug-likeness (QED) is 0.605. The molecule has 19 heavy (non-hydrogen) atoms. The highest BCUT2D eigenvalue weighted by molar-refractivity contribution is 6.32. The van der Waals surface area contributed by atoms with Crippen molar-refractivity contribution in [1.82, 2.24) is 4.98 Å². The van der Waals surface area contributed by atoms with Crippen LogP contribution >= 0.6 is 11.6 Å². The topological polar surface area (TPSA) is 39.2 Å². The van der Waals surface area contributed by atoms with Crippen molar-refractivity contribution < 1.29 is 9.53 Å². The van der Waals surface area contributed by atoms with Crippen LogP contribution in [0.15, 0.2) is 18.3 Å². The van der Waals surface area contributed by atoms with E-state index in [1.165, 1.54) is 6.42 Å². The maximum absolute atomic E-state index is 12.1. The molecule has 1 aromatic rings. The smallest absolute Gasteiger partial charge is 0.341 e. The lowest BCUT2D eigenvalue weighted by atomic mass is 9.71. The summed E-state index contributed by atoms with van der Waals surface area (Å²) in [6.07, 6.45) is 4.54. The first-order chi connectivity index (χ1) is 8.87. The highest BCUT2D eigenvalue weighted by Gasteiger charge is 2.34. The van der Waals surface area contributed by atoms with E-state index in [9.17, 15) is 4.79 Å². The Hall–Kier alpha value is -1.09. The van der Waals surface area contributed by atoms with Crippen molar-refractivity contribution in [2.45, 2.75) is 46.1 Å². The fraction of sp³-hybridized carbons (Fsp3) is 0.600. The molecular formula is C15H20ClNO2. The molecule has 0 N–H and O–H groups in total. The average molecular weight is 282 g/mol. The first-order valence-electron chi connectivity index (χ1n) is 6.69. The third kappa shape index (κ3) is 3.69. The zero-order valence-corrected chi connectivity index (χ0v) is 12.4. The third-order valence-electron chi connectivity index (χ3n) is 3.60. The van der Waals surface area contributed by atoms with Crippen LogP contribution in [0.1, 0.15) is 50.4 Å². The number of hydrogen-bond donors (Lipinski definition) is 0. The molecule has 3 nitrogen and oxygen atoms in total. The zero-order chi connectivity index (χ0) is 14.0. The van der Waals surface area contributed by atoms with Crippen molar-refractivity contribution in [3.8, 4) is 0 Å². The summed E-state index contributed by atoms with van der Waals surface area (Å²) in [5.74, 6) is 0.207. The number of esters is 1. The van der Waals surface area contributed by atoms with Gasteiger partial charge in [0.25, 0.3) is 0 Å². The number of ether oxygens (including phenoxy) is 1. The van der Waals surface area contributed by atoms with Gasteiger partial charge >= 0.3 is 5.97 Å². The van der Waals surface area contributed by atoms with Crippen LogP contribution in [0.25, 0.3) is 0 Å². The molecule has 0 amide bonds. The van der Waals surface area contributed by atoms with Crippen molar-refractivity contribution in [1.29, 1.82) is 0 Å². The molecule has 0 saturated heterocycles. The van der Waals surface area contributed by atoms with Crippen molar-refractivity contribution in [3.63, 3.8) is 0 Å². The van der Waals surface area contributed by atoms with Crippen LogP contribution in [0.2, 0.25) is 5.15 Å². The fourth-order valence-corrected chi connectivity index (χ4v) is 3.30. The molecule has 0 spiro atoms. The van der Waals surface area contributed by atoms with Crippen molar-refractivity contribution in [2.75, 3.05) is 0 Å². The molecule has 1 heterocycles. The molecule has 1 aliphatic rings. The van der Waals surface area contributed by atoms with Crippen LogP contribution in [0.4, 0.5) is 0 Å². The predicted octanol–water partition coefficient (Wildman–Crippen LogP) is 4.11. The first-order valence-corrected chi connectivity index (χ1v) is 7.07. The predicted molar refractivity (Wildman–Crippen MR) is 75.2 cm³/mol. The van der Waals surface area contributed by atoms with E-state index in [2.05, 4.69) is 25.8 Å². The number of pyridine rings is 1. The number of rotatable bonds is 2. The largest absolute Gasteiger partial charge is 0.459 e. The Bertz CT molecular complexity index is 473. The first kappa shape index (κ1) is 14.3. The summed E-state index contributed by atoms with van der Waals surface area (Å²) < 4.78 is 5.60. The Morgan fingerprint density at radius 1 is 1.47 bits per heavy atom. The van der Waals surface area contributed by atoms with Gasteiger partial charge in [-0.25, -0.2) is 9.78 Å². The van der Waals surface area contributed by atoms with E-state index in [1.54, 1.807) is 18.3 Å². The van der Waals surface area contributed by atoms with Crippen LogP contribution < -0.4 is 0 Å². The van der Waals surface area contributed by atoms with E-state index in [4.69, 9.17) is 16.3 Å². The van der Waals surface area contributed by atoms with Gasteiger partial charge < -0.3 is 4.74 Å². The lowest BCUT2D eigenvalue weighted by Gasteiger charge is -2.38. The summed E-state index contributed by atoms with van der Waals surface area (Å²) in [7, 11) is 0. The zero-order valence-electron chi connectivity index (χ0n) is 11.6. The summed E-state index contributed by atoms with van der Waals surface area (Å²) in [5.41, 5.74) is 0.571. The number of nitrogens with zero attached hydrogens (tertiary/aromatic N) is 1. The Labute approximate surface area is 119 Å². The molecule has 0 bridgehead atoms. The second-order valence-electron chi connectivity index (χ2n) is 6.28. The number of aromatic nitrogens is 1. The molecule has 2 atom stereocenters. The summed E-state index contributed by atoms with van der Waals surface area (Å²) in [5, 5.41) is 0.204. The molecule has 2 rings (SSSR count). The minimum Gasteiger partial charge on any atom is -0.459 e. The SMILES string of the molecule is CC1CC(OC(=O)c2cccnc2Cl)CC(C)(C)C1. The van der Waals surface area contributed by atoms with E-state index in [0.29, 0.717) is 11.5 Å². The van der Waals surface area contributed by atoms with Crippen LogP contribution in [-0.2, 0) is 4.74 Å². The van der Waals surface area contributed by atoms with Gasteiger partial charge in [-0.15, -0.1) is 0 Å². The van der Waals surface area contributed by atoms with Gasteiger partial charge in [-0.2, -0.15) is 0 Å². The minimum absolute atomic E-state index is 0.0254. The van der Waals surface area contributed by atoms with Crippen LogP contribution in [0.5, 0.6) is 0 Å². The standard InChI is InChI=1S/C15H20ClNO2/c1-10-7-11(9-15(2,3)8-10)19-14(18)12-5-4-6-17-13(12)16/h4-6,10-11H,7-9H2,1-3H3. The van der Waals surface area contributed by atoms with Gasteiger partial charge in [0.1, 0.15) is 11.3 Å². The molecule has 2 unspecified atom stereocenters. The Morgan fingerprint density at radius 3 is 2.84 bits per heavy atom. The van der Waals surface area contributed by atoms with Gasteiger partial charge in [-0.1, -0.05) is 32.4 Å². The molecule has 1 fully saturated rings. The van der Waals surface area contributed by atoms with E-state index >= 15 is 0 Å². The van der Waals surface area contributed by atoms with Gasteiger partial charge in [0, 0.05) is 6.20 Å². The molecule has 1 aliphatic carbocycles. The Morgan fingerprint density at radius 2 is 2.21 bits per heavy atom. The third-order valence-corrected chi connectivity index (χ3v) is 3.90. The van der Waals surface area contributed by atoms with E-state index in [-0.39, 0.29) is 22.6 Å². The Kier molecular flexibility index (Phi) is 4.14.